The van der Waals surface area contributed by atoms with Crippen LogP contribution >= 0.6 is 22.7 Å². The molecule has 4 aliphatic rings. The van der Waals surface area contributed by atoms with Crippen molar-refractivity contribution in [3.63, 3.8) is 0 Å². The highest BCUT2D eigenvalue weighted by Crippen LogP contribution is 2.44. The Bertz CT molecular complexity index is 3020. The number of nitrogens with one attached hydrogen (secondary N) is 2. The molecule has 2 aliphatic heterocycles. The summed E-state index contributed by atoms with van der Waals surface area (Å²) in [4.78, 5) is 61.5. The van der Waals surface area contributed by atoms with Gasteiger partial charge < -0.3 is 34.7 Å². The first-order valence-electron chi connectivity index (χ1n) is 21.6. The predicted octanol–water partition coefficient (Wildman–Crippen LogP) is 7.79. The summed E-state index contributed by atoms with van der Waals surface area (Å²) < 4.78 is 13.3. The fraction of sp³-hybridized carbons (Fsp3) is 0.340. The van der Waals surface area contributed by atoms with Crippen molar-refractivity contribution in [2.75, 3.05) is 38.4 Å². The molecule has 2 aromatic carbocycles. The Balaban J connectivity index is 0.000000159. The largest absolute Gasteiger partial charge is 0.495 e. The summed E-state index contributed by atoms with van der Waals surface area (Å²) in [5.74, 6) is 2.19. The highest BCUT2D eigenvalue weighted by molar-refractivity contribution is 7.19. The lowest BCUT2D eigenvalue weighted by atomic mass is 9.87. The second-order valence-electron chi connectivity index (χ2n) is 16.6. The number of carbonyl (C=O) groups excluding carboxylic acids is 1. The van der Waals surface area contributed by atoms with Gasteiger partial charge in [0.15, 0.2) is 0 Å². The molecule has 1 amide bonds. The molecule has 18 heteroatoms. The summed E-state index contributed by atoms with van der Waals surface area (Å²) in [7, 11) is 5.24. The molecule has 11 rings (SSSR count). The minimum absolute atomic E-state index is 0.000678. The van der Waals surface area contributed by atoms with Gasteiger partial charge >= 0.3 is 5.97 Å². The standard InChI is InChI=1S/C27H29N7O2S.C20H18N4O3S/c1-33(7-3-8-34-9-6-28-16-34)27(35)17-4-5-20-23(12-17)37-26-24(20)25(30-15-31-26)32-21-10-18-13-29-14-19(18)11-22(21)36-2;1-27-15-5-12-8-21-7-11(12)4-14(15)24-18-17-13-3-2-10(20(25)26)6-16(13)28-19(17)23-9-22-18/h6,9-11,13,15-17H,3-5,7-8,12,14H2,1-2H3,(H,30,31,32);4-5,7,9-10H,2-3,6,8H2,1H3,(H,25,26)(H,22,23,24)/t17-;10-/m00/s1. The second-order valence-corrected chi connectivity index (χ2v) is 18.8. The molecule has 3 N–H and O–H groups in total. The number of ether oxygens (including phenoxy) is 2. The second kappa shape index (κ2) is 18.0. The van der Waals surface area contributed by atoms with Crippen molar-refractivity contribution in [1.82, 2.24) is 34.4 Å². The molecule has 7 aromatic rings. The number of aryl methyl sites for hydroxylation is 3. The number of hydrogen-bond acceptors (Lipinski definition) is 15. The lowest BCUT2D eigenvalue weighted by Gasteiger charge is -2.27. The van der Waals surface area contributed by atoms with Gasteiger partial charge in [-0.2, -0.15) is 0 Å². The highest BCUT2D eigenvalue weighted by atomic mass is 32.1. The summed E-state index contributed by atoms with van der Waals surface area (Å²) in [5.41, 5.74) is 8.58. The van der Waals surface area contributed by atoms with Crippen molar-refractivity contribution >= 4 is 90.4 Å². The molecule has 65 heavy (non-hydrogen) atoms. The van der Waals surface area contributed by atoms with Gasteiger partial charge in [0.25, 0.3) is 0 Å². The Morgan fingerprint density at radius 3 is 1.88 bits per heavy atom. The summed E-state index contributed by atoms with van der Waals surface area (Å²) in [6.07, 6.45) is 17.7. The van der Waals surface area contributed by atoms with Crippen LogP contribution in [-0.4, -0.2) is 91.6 Å². The van der Waals surface area contributed by atoms with Crippen molar-refractivity contribution in [2.24, 2.45) is 21.8 Å². The number of carboxylic acids is 1. The monoisotopic (exact) mass is 909 g/mol. The van der Waals surface area contributed by atoms with E-state index in [0.29, 0.717) is 25.9 Å². The maximum absolute atomic E-state index is 13.2. The van der Waals surface area contributed by atoms with Gasteiger partial charge in [-0.25, -0.2) is 24.9 Å². The number of carboxylic acid groups (broad SMARTS) is 1. The third-order valence-corrected chi connectivity index (χ3v) is 15.0. The number of anilines is 4. The number of methoxy groups -OCH3 is 2. The van der Waals surface area contributed by atoms with Gasteiger partial charge in [-0.1, -0.05) is 0 Å². The molecule has 0 saturated heterocycles. The number of aliphatic imine (C=N–C) groups is 2. The van der Waals surface area contributed by atoms with Crippen LogP contribution in [0.3, 0.4) is 0 Å². The fourth-order valence-electron chi connectivity index (χ4n) is 9.23. The van der Waals surface area contributed by atoms with E-state index in [4.69, 9.17) is 9.47 Å². The molecule has 2 aliphatic carbocycles. The third-order valence-electron chi connectivity index (χ3n) is 12.6. The number of aliphatic carboxylic acids is 1. The average molecular weight is 910 g/mol. The molecule has 0 fully saturated rings. The van der Waals surface area contributed by atoms with Crippen LogP contribution in [0.25, 0.3) is 20.4 Å². The van der Waals surface area contributed by atoms with E-state index in [1.165, 1.54) is 16.0 Å². The Labute approximate surface area is 382 Å². The summed E-state index contributed by atoms with van der Waals surface area (Å²) in [5, 5.41) is 18.3. The lowest BCUT2D eigenvalue weighted by molar-refractivity contribution is -0.142. The first-order valence-corrected chi connectivity index (χ1v) is 23.3. The topological polar surface area (TPSA) is 194 Å². The maximum atomic E-state index is 13.2. The Kier molecular flexibility index (Phi) is 11.7. The van der Waals surface area contributed by atoms with Crippen LogP contribution in [0.15, 0.2) is 65.6 Å². The van der Waals surface area contributed by atoms with Crippen molar-refractivity contribution in [2.45, 2.75) is 64.6 Å². The minimum atomic E-state index is -0.725. The minimum Gasteiger partial charge on any atom is -0.495 e. The van der Waals surface area contributed by atoms with Gasteiger partial charge in [0, 0.05) is 60.6 Å². The molecular formula is C47H47N11O5S2. The van der Waals surface area contributed by atoms with Gasteiger partial charge in [0.05, 0.1) is 61.7 Å². The number of aromatic nitrogens is 6. The molecule has 0 spiro atoms. The van der Waals surface area contributed by atoms with Crippen LogP contribution in [-0.2, 0) is 54.9 Å². The molecule has 0 bridgehead atoms. The van der Waals surface area contributed by atoms with E-state index in [-0.39, 0.29) is 17.7 Å². The Hall–Kier alpha value is -6.79. The van der Waals surface area contributed by atoms with Gasteiger partial charge in [0.2, 0.25) is 5.91 Å². The van der Waals surface area contributed by atoms with Gasteiger partial charge in [-0.05, 0) is 103 Å². The van der Waals surface area contributed by atoms with Crippen LogP contribution in [0.5, 0.6) is 11.5 Å². The average Bonchev–Trinajstić information content (AvgIpc) is 4.18. The number of thiophene rings is 2. The van der Waals surface area contributed by atoms with E-state index in [2.05, 4.69) is 51.6 Å². The van der Waals surface area contributed by atoms with E-state index < -0.39 is 5.97 Å². The maximum Gasteiger partial charge on any atom is 0.306 e. The zero-order valence-electron chi connectivity index (χ0n) is 36.2. The first-order chi connectivity index (χ1) is 31.7. The summed E-state index contributed by atoms with van der Waals surface area (Å²) in [6.45, 7) is 2.95. The normalized spacial score (nSPS) is 16.6. The number of nitrogens with zero attached hydrogens (tertiary/aromatic N) is 9. The Morgan fingerprint density at radius 1 is 0.800 bits per heavy atom. The van der Waals surface area contributed by atoms with Crippen molar-refractivity contribution in [1.29, 1.82) is 0 Å². The van der Waals surface area contributed by atoms with Gasteiger partial charge in [-0.3, -0.25) is 19.6 Å². The molecule has 7 heterocycles. The molecule has 332 valence electrons. The zero-order chi connectivity index (χ0) is 44.6. The third kappa shape index (κ3) is 8.39. The molecule has 0 saturated carbocycles. The molecule has 0 radical (unpaired) electrons. The van der Waals surface area contributed by atoms with Crippen molar-refractivity contribution in [3.05, 3.63) is 98.8 Å². The van der Waals surface area contributed by atoms with E-state index in [1.807, 2.05) is 59.7 Å². The number of amides is 1. The number of hydrogen-bond donors (Lipinski definition) is 3. The highest BCUT2D eigenvalue weighted by Gasteiger charge is 2.32. The predicted molar refractivity (Wildman–Crippen MR) is 253 cm³/mol. The summed E-state index contributed by atoms with van der Waals surface area (Å²) in [6, 6.07) is 8.13. The van der Waals surface area contributed by atoms with Crippen LogP contribution in [0, 0.1) is 11.8 Å². The van der Waals surface area contributed by atoms with E-state index in [0.717, 1.165) is 127 Å². The zero-order valence-corrected chi connectivity index (χ0v) is 37.8. The van der Waals surface area contributed by atoms with Crippen LogP contribution in [0.2, 0.25) is 0 Å². The quantitative estimate of drug-likeness (QED) is 0.108. The van der Waals surface area contributed by atoms with Crippen LogP contribution in [0.4, 0.5) is 23.0 Å². The van der Waals surface area contributed by atoms with Crippen LogP contribution < -0.4 is 20.1 Å². The fourth-order valence-corrected chi connectivity index (χ4v) is 11.8. The van der Waals surface area contributed by atoms with E-state index >= 15 is 0 Å². The number of imidazole rings is 1. The smallest absolute Gasteiger partial charge is 0.306 e. The van der Waals surface area contributed by atoms with Crippen molar-refractivity contribution < 1.29 is 24.2 Å². The number of rotatable bonds is 12. The number of benzene rings is 2. The van der Waals surface area contributed by atoms with Gasteiger partial charge in [0.1, 0.15) is 45.5 Å². The molecule has 0 unspecified atom stereocenters. The van der Waals surface area contributed by atoms with Crippen LogP contribution in [0.1, 0.15) is 62.4 Å². The SMILES string of the molecule is COc1cc2c(cc1Nc1ncnc3sc4c(c13)CC[C@H](C(=O)N(C)CCCn1ccnc1)C4)C=NC2.COc1cc2c(cc1Nc1ncnc3sc4c(c13)CC[C@H](C(=O)O)C4)C=NC2. The summed E-state index contributed by atoms with van der Waals surface area (Å²) >= 11 is 3.25. The molecule has 5 aromatic heterocycles. The number of fused-ring (bicyclic) bond motifs is 8. The van der Waals surface area contributed by atoms with Crippen molar-refractivity contribution in [3.8, 4) is 11.5 Å². The molecule has 2 atom stereocenters. The molecule has 16 nitrogen and oxygen atoms in total. The number of carbonyl (C=O) groups is 2. The Morgan fingerprint density at radius 2 is 1.35 bits per heavy atom. The lowest BCUT2D eigenvalue weighted by Crippen LogP contribution is -2.36. The molecular weight excluding hydrogens is 863 g/mol. The van der Waals surface area contributed by atoms with E-state index in [9.17, 15) is 14.7 Å². The first kappa shape index (κ1) is 42.2. The van der Waals surface area contributed by atoms with Gasteiger partial charge in [-0.15, -0.1) is 22.7 Å². The van der Waals surface area contributed by atoms with E-state index in [1.54, 1.807) is 55.7 Å².